The van der Waals surface area contributed by atoms with Crippen molar-refractivity contribution in [3.8, 4) is 0 Å². The summed E-state index contributed by atoms with van der Waals surface area (Å²) in [6, 6.07) is 0. The Kier molecular flexibility index (Phi) is 1.78. The highest BCUT2D eigenvalue weighted by Gasteiger charge is 2.52. The summed E-state index contributed by atoms with van der Waals surface area (Å²) in [5.41, 5.74) is 0. The molecular weight excluding hydrogens is 200 g/mol. The Morgan fingerprint density at radius 2 is 1.64 bits per heavy atom. The van der Waals surface area contributed by atoms with Gasteiger partial charge < -0.3 is 0 Å². The maximum absolute atomic E-state index is 11.3. The SMILES string of the molecule is O=S(=O)(O)C1C2C[C]3CC(C2)CC1C3. The van der Waals surface area contributed by atoms with Crippen molar-refractivity contribution in [1.29, 1.82) is 0 Å². The van der Waals surface area contributed by atoms with Gasteiger partial charge >= 0.3 is 0 Å². The molecule has 0 saturated heterocycles. The summed E-state index contributed by atoms with van der Waals surface area (Å²) in [4.78, 5) is 0. The first-order valence-electron chi connectivity index (χ1n) is 5.34. The predicted molar refractivity (Wildman–Crippen MR) is 52.1 cm³/mol. The molecule has 2 unspecified atom stereocenters. The topological polar surface area (TPSA) is 54.4 Å². The monoisotopic (exact) mass is 215 g/mol. The fraction of sp³-hybridized carbons (Fsp3) is 0.900. The Morgan fingerprint density at radius 1 is 1.07 bits per heavy atom. The van der Waals surface area contributed by atoms with Gasteiger partial charge in [-0.05, 0) is 55.8 Å². The molecule has 0 aromatic rings. The largest absolute Gasteiger partial charge is 0.285 e. The third-order valence-electron chi connectivity index (χ3n) is 4.22. The molecule has 79 valence electrons. The van der Waals surface area contributed by atoms with E-state index in [1.165, 1.54) is 6.42 Å². The van der Waals surface area contributed by atoms with Crippen LogP contribution in [0.5, 0.6) is 0 Å². The van der Waals surface area contributed by atoms with Gasteiger partial charge in [0, 0.05) is 0 Å². The summed E-state index contributed by atoms with van der Waals surface area (Å²) >= 11 is 0. The van der Waals surface area contributed by atoms with Crippen LogP contribution < -0.4 is 0 Å². The van der Waals surface area contributed by atoms with E-state index in [9.17, 15) is 13.0 Å². The van der Waals surface area contributed by atoms with Crippen LogP contribution in [0.4, 0.5) is 0 Å². The van der Waals surface area contributed by atoms with Crippen molar-refractivity contribution in [2.75, 3.05) is 0 Å². The lowest BCUT2D eigenvalue weighted by Crippen LogP contribution is -2.50. The van der Waals surface area contributed by atoms with Gasteiger partial charge in [0.2, 0.25) is 0 Å². The maximum Gasteiger partial charge on any atom is 0.268 e. The lowest BCUT2D eigenvalue weighted by Gasteiger charge is -2.52. The van der Waals surface area contributed by atoms with Gasteiger partial charge in [0.05, 0.1) is 5.25 Å². The third kappa shape index (κ3) is 1.23. The highest BCUT2D eigenvalue weighted by molar-refractivity contribution is 7.86. The predicted octanol–water partition coefficient (Wildman–Crippen LogP) is 1.66. The molecule has 4 rings (SSSR count). The summed E-state index contributed by atoms with van der Waals surface area (Å²) in [6.45, 7) is 0. The van der Waals surface area contributed by atoms with Gasteiger partial charge in [-0.15, -0.1) is 0 Å². The second-order valence-corrected chi connectivity index (χ2v) is 6.77. The summed E-state index contributed by atoms with van der Waals surface area (Å²) in [5, 5.41) is -0.442. The molecule has 0 amide bonds. The van der Waals surface area contributed by atoms with E-state index >= 15 is 0 Å². The second kappa shape index (κ2) is 2.73. The van der Waals surface area contributed by atoms with Gasteiger partial charge in [-0.3, -0.25) is 4.55 Å². The highest BCUT2D eigenvalue weighted by Crippen LogP contribution is 2.56. The van der Waals surface area contributed by atoms with E-state index in [1.807, 2.05) is 0 Å². The van der Waals surface area contributed by atoms with Crippen LogP contribution in [0.1, 0.15) is 32.1 Å². The molecule has 0 aromatic heterocycles. The zero-order chi connectivity index (χ0) is 9.92. The fourth-order valence-corrected chi connectivity index (χ4v) is 5.45. The van der Waals surface area contributed by atoms with Crippen LogP contribution in [0.25, 0.3) is 0 Å². The zero-order valence-corrected chi connectivity index (χ0v) is 8.83. The van der Waals surface area contributed by atoms with Crippen LogP contribution in [0.15, 0.2) is 0 Å². The first kappa shape index (κ1) is 9.16. The van der Waals surface area contributed by atoms with Crippen LogP contribution in [0.2, 0.25) is 0 Å². The number of hydrogen-bond acceptors (Lipinski definition) is 2. The van der Waals surface area contributed by atoms with Crippen molar-refractivity contribution >= 4 is 10.1 Å². The Hall–Kier alpha value is -0.0900. The van der Waals surface area contributed by atoms with E-state index in [1.54, 1.807) is 5.92 Å². The molecular formula is C10H15O3S. The molecule has 3 nitrogen and oxygen atoms in total. The quantitative estimate of drug-likeness (QED) is 0.677. The van der Waals surface area contributed by atoms with Crippen molar-refractivity contribution in [3.05, 3.63) is 5.92 Å². The molecule has 4 heteroatoms. The summed E-state index contributed by atoms with van der Waals surface area (Å²) in [5.74, 6) is 2.74. The molecule has 4 aliphatic carbocycles. The minimum atomic E-state index is -3.80. The van der Waals surface area contributed by atoms with Crippen molar-refractivity contribution in [1.82, 2.24) is 0 Å². The molecule has 0 heterocycles. The lowest BCUT2D eigenvalue weighted by atomic mass is 9.56. The van der Waals surface area contributed by atoms with E-state index in [4.69, 9.17) is 0 Å². The average molecular weight is 215 g/mol. The molecule has 0 aromatic carbocycles. The van der Waals surface area contributed by atoms with E-state index in [0.717, 1.165) is 31.6 Å². The Balaban J connectivity index is 1.95. The van der Waals surface area contributed by atoms with Crippen LogP contribution in [-0.2, 0) is 10.1 Å². The fourth-order valence-electron chi connectivity index (χ4n) is 4.06. The first-order chi connectivity index (χ1) is 6.54. The minimum absolute atomic E-state index is 0.228. The van der Waals surface area contributed by atoms with Crippen LogP contribution in [0, 0.1) is 23.7 Å². The normalized spacial score (nSPS) is 47.2. The van der Waals surface area contributed by atoms with Gasteiger partial charge in [0.1, 0.15) is 0 Å². The molecule has 0 spiro atoms. The maximum atomic E-state index is 11.3. The van der Waals surface area contributed by atoms with Gasteiger partial charge in [-0.1, -0.05) is 0 Å². The van der Waals surface area contributed by atoms with E-state index in [0.29, 0.717) is 0 Å². The van der Waals surface area contributed by atoms with E-state index < -0.39 is 15.4 Å². The molecule has 4 bridgehead atoms. The van der Waals surface area contributed by atoms with Crippen LogP contribution in [-0.4, -0.2) is 18.2 Å². The molecule has 2 atom stereocenters. The van der Waals surface area contributed by atoms with E-state index in [2.05, 4.69) is 0 Å². The van der Waals surface area contributed by atoms with Crippen molar-refractivity contribution < 1.29 is 13.0 Å². The lowest BCUT2D eigenvalue weighted by molar-refractivity contribution is 0.0925. The zero-order valence-electron chi connectivity index (χ0n) is 8.02. The number of hydrogen-bond donors (Lipinski definition) is 1. The van der Waals surface area contributed by atoms with Gasteiger partial charge in [-0.25, -0.2) is 0 Å². The van der Waals surface area contributed by atoms with Gasteiger partial charge in [0.15, 0.2) is 0 Å². The molecule has 4 saturated carbocycles. The molecule has 1 radical (unpaired) electrons. The summed E-state index contributed by atoms with van der Waals surface area (Å²) in [6.07, 6.45) is 5.18. The molecule has 14 heavy (non-hydrogen) atoms. The van der Waals surface area contributed by atoms with E-state index in [-0.39, 0.29) is 11.8 Å². The van der Waals surface area contributed by atoms with Crippen molar-refractivity contribution in [2.24, 2.45) is 17.8 Å². The highest BCUT2D eigenvalue weighted by atomic mass is 32.2. The Labute approximate surface area is 84.6 Å². The number of rotatable bonds is 1. The molecule has 4 aliphatic rings. The van der Waals surface area contributed by atoms with Crippen molar-refractivity contribution in [2.45, 2.75) is 37.4 Å². The average Bonchev–Trinajstić information content (AvgIpc) is 1.97. The Bertz CT molecular complexity index is 318. The molecule has 1 N–H and O–H groups in total. The third-order valence-corrected chi connectivity index (χ3v) is 5.68. The molecule has 4 fully saturated rings. The summed E-state index contributed by atoms with van der Waals surface area (Å²) in [7, 11) is -3.80. The standard InChI is InChI=1S/C10H15O3S/c11-14(12,13)10-8-2-6-1-7(4-8)5-9(10)3-6/h6,8-10H,1-5H2,(H,11,12,13). The van der Waals surface area contributed by atoms with Crippen LogP contribution in [0.3, 0.4) is 0 Å². The van der Waals surface area contributed by atoms with Gasteiger partial charge in [0.25, 0.3) is 10.1 Å². The molecule has 0 aliphatic heterocycles. The van der Waals surface area contributed by atoms with Gasteiger partial charge in [-0.2, -0.15) is 8.42 Å². The summed E-state index contributed by atoms with van der Waals surface area (Å²) < 4.78 is 31.7. The first-order valence-corrected chi connectivity index (χ1v) is 6.84. The van der Waals surface area contributed by atoms with Crippen molar-refractivity contribution in [3.63, 3.8) is 0 Å². The smallest absolute Gasteiger partial charge is 0.268 e. The second-order valence-electron chi connectivity index (χ2n) is 5.20. The van der Waals surface area contributed by atoms with Crippen LogP contribution >= 0.6 is 0 Å². The Morgan fingerprint density at radius 3 is 2.07 bits per heavy atom. The minimum Gasteiger partial charge on any atom is -0.285 e.